The van der Waals surface area contributed by atoms with Gasteiger partial charge in [-0.15, -0.1) is 5.10 Å². The maximum Gasteiger partial charge on any atom is 0.510 e. The predicted octanol–water partition coefficient (Wildman–Crippen LogP) is 3.10. The van der Waals surface area contributed by atoms with Crippen molar-refractivity contribution in [2.75, 3.05) is 37.8 Å². The number of nitrogens with zero attached hydrogens (tertiary/aromatic N) is 8. The number of ether oxygens (including phenoxy) is 2. The second kappa shape index (κ2) is 12.2. The van der Waals surface area contributed by atoms with E-state index in [9.17, 15) is 19.1 Å². The number of anilines is 1. The Hall–Kier alpha value is -4.79. The fourth-order valence-electron chi connectivity index (χ4n) is 5.16. The highest BCUT2D eigenvalue weighted by atomic mass is 19.1. The summed E-state index contributed by atoms with van der Waals surface area (Å²) in [6.07, 6.45) is 3.09. The lowest BCUT2D eigenvalue weighted by Gasteiger charge is -2.41. The monoisotopic (exact) mass is 598 g/mol. The number of carbonyl (C=O) groups excluding carboxylic acids is 2. The van der Waals surface area contributed by atoms with Crippen LogP contribution < -0.4 is 4.90 Å². The van der Waals surface area contributed by atoms with Crippen molar-refractivity contribution in [1.82, 2.24) is 29.8 Å². The van der Waals surface area contributed by atoms with E-state index in [-0.39, 0.29) is 38.0 Å². The molecular formula is C28H32F2N8O5. The van der Waals surface area contributed by atoms with Gasteiger partial charge in [-0.2, -0.15) is 5.10 Å². The van der Waals surface area contributed by atoms with Gasteiger partial charge in [-0.3, -0.25) is 9.91 Å². The average molecular weight is 599 g/mol. The third kappa shape index (κ3) is 6.07. The molecule has 0 saturated carbocycles. The van der Waals surface area contributed by atoms with E-state index >= 15 is 4.39 Å². The van der Waals surface area contributed by atoms with Crippen LogP contribution in [-0.2, 0) is 15.1 Å². The molecule has 1 N–H and O–H groups in total. The molecule has 2 amide bonds. The molecule has 1 aromatic heterocycles. The van der Waals surface area contributed by atoms with Crippen molar-refractivity contribution in [3.8, 4) is 5.69 Å². The van der Waals surface area contributed by atoms with Crippen LogP contribution in [-0.4, -0.2) is 98.6 Å². The Morgan fingerprint density at radius 1 is 1.12 bits per heavy atom. The van der Waals surface area contributed by atoms with Crippen molar-refractivity contribution >= 4 is 24.2 Å². The molecule has 2 aliphatic heterocycles. The molecule has 2 aliphatic rings. The van der Waals surface area contributed by atoms with Crippen molar-refractivity contribution < 1.29 is 33.0 Å². The summed E-state index contributed by atoms with van der Waals surface area (Å²) in [6.45, 7) is 5.44. The molecule has 0 radical (unpaired) electrons. The summed E-state index contributed by atoms with van der Waals surface area (Å²) in [5.74, 6) is -1.76. The van der Waals surface area contributed by atoms with Crippen LogP contribution in [0.1, 0.15) is 26.3 Å². The van der Waals surface area contributed by atoms with Crippen LogP contribution in [0.5, 0.6) is 0 Å². The number of carbonyl (C=O) groups is 2. The number of hydrogen-bond acceptors (Lipinski definition) is 10. The minimum Gasteiger partial charge on any atom is -0.435 e. The number of urea groups is 1. The van der Waals surface area contributed by atoms with Gasteiger partial charge in [0.25, 0.3) is 0 Å². The van der Waals surface area contributed by atoms with Gasteiger partial charge in [0.1, 0.15) is 30.2 Å². The molecule has 1 unspecified atom stereocenters. The number of hydrogen-bond donors (Lipinski definition) is 1. The number of rotatable bonds is 10. The van der Waals surface area contributed by atoms with Gasteiger partial charge in [0, 0.05) is 30.4 Å². The summed E-state index contributed by atoms with van der Waals surface area (Å²) < 4.78 is 40.7. The van der Waals surface area contributed by atoms with Crippen molar-refractivity contribution in [3.05, 3.63) is 72.1 Å². The number of hydrazone groups is 1. The van der Waals surface area contributed by atoms with Gasteiger partial charge in [-0.05, 0) is 51.1 Å². The topological polar surface area (TPSA) is 129 Å². The maximum absolute atomic E-state index is 15.2. The lowest BCUT2D eigenvalue weighted by Crippen LogP contribution is -2.55. The fourth-order valence-corrected chi connectivity index (χ4v) is 5.16. The van der Waals surface area contributed by atoms with Crippen LogP contribution in [0.15, 0.2) is 60.0 Å². The highest BCUT2D eigenvalue weighted by Crippen LogP contribution is 2.35. The first-order valence-electron chi connectivity index (χ1n) is 13.7. The zero-order valence-electron chi connectivity index (χ0n) is 23.9. The van der Waals surface area contributed by atoms with E-state index in [0.717, 1.165) is 11.8 Å². The van der Waals surface area contributed by atoms with E-state index in [0.29, 0.717) is 18.3 Å². The summed E-state index contributed by atoms with van der Waals surface area (Å²) in [7, 11) is 0. The van der Waals surface area contributed by atoms with E-state index in [4.69, 9.17) is 9.47 Å². The number of aromatic nitrogens is 3. The van der Waals surface area contributed by atoms with Crippen molar-refractivity contribution in [1.29, 1.82) is 0 Å². The van der Waals surface area contributed by atoms with Crippen LogP contribution in [0.3, 0.4) is 0 Å². The number of halogens is 2. The minimum atomic E-state index is -2.01. The molecule has 1 saturated heterocycles. The molecule has 2 aromatic carbocycles. The molecule has 5 rings (SSSR count). The summed E-state index contributed by atoms with van der Waals surface area (Å²) in [5.41, 5.74) is -0.801. The third-order valence-electron chi connectivity index (χ3n) is 7.56. The largest absolute Gasteiger partial charge is 0.510 e. The number of β-amino-alcohol motifs (C(OH)–C–C–N with tert-alkyl or cyclic N) is 1. The first kappa shape index (κ1) is 29.7. The molecule has 228 valence electrons. The standard InChI is InChI=1S/C28H32F2N8O5/c1-4-42-27(40)43-20(3)34-17-32-35(18-34)16-28(41,24-10-5-21(29)15-25(24)30)19(2)36-13-14-37(26(36)39)22-6-8-23(9-7-22)38-12-11-31-33-38/h5-12,15,17,19-20,41H,4,13-14,16,18H2,1-3H3/t19-,20?,28+/m1/s1. The summed E-state index contributed by atoms with van der Waals surface area (Å²) in [5, 5.41) is 25.7. The van der Waals surface area contributed by atoms with Crippen molar-refractivity contribution in [2.24, 2.45) is 5.10 Å². The van der Waals surface area contributed by atoms with E-state index in [1.54, 1.807) is 71.9 Å². The number of benzene rings is 2. The molecule has 13 nitrogen and oxygen atoms in total. The number of aliphatic hydroxyl groups is 1. The molecule has 0 aliphatic carbocycles. The molecule has 15 heteroatoms. The smallest absolute Gasteiger partial charge is 0.435 e. The SMILES string of the molecule is CCOC(=O)OC(C)N1C=NN(C[C@@](O)(c2ccc(F)cc2F)[C@@H](C)N2CCN(c3ccc(-n4ccnn4)cc3)C2=O)C1. The number of amides is 2. The van der Waals surface area contributed by atoms with Crippen LogP contribution >= 0.6 is 0 Å². The van der Waals surface area contributed by atoms with Crippen LogP contribution in [0, 0.1) is 11.6 Å². The Bertz CT molecular complexity index is 1470. The van der Waals surface area contributed by atoms with Crippen molar-refractivity contribution in [2.45, 2.75) is 38.6 Å². The Morgan fingerprint density at radius 2 is 1.86 bits per heavy atom. The molecule has 3 aromatic rings. The Labute approximate surface area is 246 Å². The predicted molar refractivity (Wildman–Crippen MR) is 150 cm³/mol. The molecule has 43 heavy (non-hydrogen) atoms. The van der Waals surface area contributed by atoms with Gasteiger partial charge in [0.15, 0.2) is 6.23 Å². The van der Waals surface area contributed by atoms with Gasteiger partial charge in [0.05, 0.1) is 37.3 Å². The van der Waals surface area contributed by atoms with Gasteiger partial charge in [-0.25, -0.2) is 23.1 Å². The van der Waals surface area contributed by atoms with Gasteiger partial charge < -0.3 is 24.4 Å². The molecule has 3 heterocycles. The second-order valence-corrected chi connectivity index (χ2v) is 10.2. The van der Waals surface area contributed by atoms with Crippen molar-refractivity contribution in [3.63, 3.8) is 0 Å². The van der Waals surface area contributed by atoms with Crippen LogP contribution in [0.2, 0.25) is 0 Å². The third-order valence-corrected chi connectivity index (χ3v) is 7.56. The summed E-state index contributed by atoms with van der Waals surface area (Å²) >= 11 is 0. The lowest BCUT2D eigenvalue weighted by molar-refractivity contribution is -0.0658. The molecular weight excluding hydrogens is 566 g/mol. The molecule has 0 bridgehead atoms. The lowest BCUT2D eigenvalue weighted by atomic mass is 9.85. The van der Waals surface area contributed by atoms with E-state index in [1.165, 1.54) is 22.3 Å². The van der Waals surface area contributed by atoms with Crippen LogP contribution in [0.25, 0.3) is 5.69 Å². The van der Waals surface area contributed by atoms with Crippen LogP contribution in [0.4, 0.5) is 24.1 Å². The quantitative estimate of drug-likeness (QED) is 0.350. The van der Waals surface area contributed by atoms with Gasteiger partial charge >= 0.3 is 12.2 Å². The van der Waals surface area contributed by atoms with E-state index in [1.807, 2.05) is 0 Å². The second-order valence-electron chi connectivity index (χ2n) is 10.2. The highest BCUT2D eigenvalue weighted by Gasteiger charge is 2.47. The van der Waals surface area contributed by atoms with Gasteiger partial charge in [0.2, 0.25) is 0 Å². The zero-order chi connectivity index (χ0) is 30.7. The van der Waals surface area contributed by atoms with E-state index in [2.05, 4.69) is 15.4 Å². The first-order chi connectivity index (χ1) is 20.6. The fraction of sp³-hybridized carbons (Fsp3) is 0.393. The van der Waals surface area contributed by atoms with E-state index < -0.39 is 35.7 Å². The minimum absolute atomic E-state index is 0.0800. The van der Waals surface area contributed by atoms with Gasteiger partial charge in [-0.1, -0.05) is 11.3 Å². The Morgan fingerprint density at radius 3 is 2.53 bits per heavy atom. The highest BCUT2D eigenvalue weighted by molar-refractivity contribution is 5.94. The maximum atomic E-state index is 15.2. The molecule has 0 spiro atoms. The summed E-state index contributed by atoms with van der Waals surface area (Å²) in [4.78, 5) is 30.0. The summed E-state index contributed by atoms with van der Waals surface area (Å²) in [6, 6.07) is 8.74. The Kier molecular flexibility index (Phi) is 8.43. The Balaban J connectivity index is 1.35. The average Bonchev–Trinajstić information content (AvgIpc) is 3.75. The zero-order valence-corrected chi connectivity index (χ0v) is 23.9. The molecule has 1 fully saturated rings. The normalized spacial score (nSPS) is 17.8. The first-order valence-corrected chi connectivity index (χ1v) is 13.7. The molecule has 3 atom stereocenters.